The summed E-state index contributed by atoms with van der Waals surface area (Å²) in [5.41, 5.74) is -0.295. The molecular weight excluding hydrogens is 486 g/mol. The summed E-state index contributed by atoms with van der Waals surface area (Å²) < 4.78 is 47.2. The predicted molar refractivity (Wildman–Crippen MR) is 127 cm³/mol. The van der Waals surface area contributed by atoms with Crippen LogP contribution in [-0.2, 0) is 17.3 Å². The Bertz CT molecular complexity index is 1080. The highest BCUT2D eigenvalue weighted by Gasteiger charge is 2.40. The molecule has 3 unspecified atom stereocenters. The van der Waals surface area contributed by atoms with Gasteiger partial charge in [-0.05, 0) is 41.9 Å². The minimum atomic E-state index is -4.70. The topological polar surface area (TPSA) is 93.4 Å². The first-order chi connectivity index (χ1) is 16.2. The Morgan fingerprint density at radius 3 is 2.62 bits per heavy atom. The molecule has 0 radical (unpaired) electrons. The van der Waals surface area contributed by atoms with Crippen molar-refractivity contribution in [3.05, 3.63) is 41.0 Å². The number of benzene rings is 1. The maximum absolute atomic E-state index is 14.0. The van der Waals surface area contributed by atoms with E-state index in [1.807, 2.05) is 23.3 Å². The van der Waals surface area contributed by atoms with Gasteiger partial charge in [-0.2, -0.15) is 18.4 Å². The highest BCUT2D eigenvalue weighted by atomic mass is 32.2. The number of nitriles is 1. The van der Waals surface area contributed by atoms with E-state index < -0.39 is 25.7 Å². The Labute approximate surface area is 201 Å². The van der Waals surface area contributed by atoms with Gasteiger partial charge in [0.15, 0.2) is 14.2 Å². The van der Waals surface area contributed by atoms with Crippen molar-refractivity contribution in [1.29, 1.82) is 5.26 Å². The third-order valence-electron chi connectivity index (χ3n) is 6.07. The number of rotatable bonds is 7. The lowest BCUT2D eigenvalue weighted by molar-refractivity contribution is -0.137. The van der Waals surface area contributed by atoms with Gasteiger partial charge in [-0.3, -0.25) is 0 Å². The summed E-state index contributed by atoms with van der Waals surface area (Å²) in [5.74, 6) is 0.832. The largest absolute Gasteiger partial charge is 0.417 e. The maximum Gasteiger partial charge on any atom is 0.417 e. The second-order valence-corrected chi connectivity index (χ2v) is 10.4. The molecule has 0 amide bonds. The van der Waals surface area contributed by atoms with E-state index >= 15 is 0 Å². The number of hydrogen-bond donors (Lipinski definition) is 3. The number of pyridine rings is 1. The first-order valence-corrected chi connectivity index (χ1v) is 13.6. The Kier molecular flexibility index (Phi) is 7.55. The molecule has 3 heterocycles. The molecule has 3 atom stereocenters. The number of hydrogen-bond acceptors (Lipinski definition) is 8. The minimum Gasteiger partial charge on any atom is -0.356 e. The first-order valence-electron chi connectivity index (χ1n) is 10.7. The first kappa shape index (κ1) is 25.0. The fourth-order valence-corrected chi connectivity index (χ4v) is 5.27. The Morgan fingerprint density at radius 2 is 2.03 bits per heavy atom. The number of thioether (sulfide) groups is 1. The van der Waals surface area contributed by atoms with Gasteiger partial charge in [0.1, 0.15) is 17.5 Å². The van der Waals surface area contributed by atoms with Gasteiger partial charge < -0.3 is 25.0 Å². The van der Waals surface area contributed by atoms with Crippen LogP contribution in [-0.4, -0.2) is 49.0 Å². The summed E-state index contributed by atoms with van der Waals surface area (Å²) in [6.45, 7) is 4.64. The summed E-state index contributed by atoms with van der Waals surface area (Å²) in [6.07, 6.45) is -2.85. The molecule has 0 aliphatic carbocycles. The average Bonchev–Trinajstić information content (AvgIpc) is 3.39. The molecular formula is C22H25F3N5O2PS. The number of halogens is 3. The van der Waals surface area contributed by atoms with Crippen LogP contribution in [0.1, 0.15) is 16.7 Å². The van der Waals surface area contributed by atoms with E-state index in [2.05, 4.69) is 15.6 Å². The lowest BCUT2D eigenvalue weighted by Gasteiger charge is -2.23. The third kappa shape index (κ3) is 5.42. The number of aromatic nitrogens is 1. The molecule has 12 heteroatoms. The molecule has 0 saturated carbocycles. The normalized spacial score (nSPS) is 20.8. The van der Waals surface area contributed by atoms with E-state index in [9.17, 15) is 23.3 Å². The van der Waals surface area contributed by atoms with Crippen LogP contribution in [0.2, 0.25) is 0 Å². The monoisotopic (exact) mass is 511 g/mol. The Hall–Kier alpha value is -2.09. The second-order valence-electron chi connectivity index (χ2n) is 8.34. The third-order valence-corrected chi connectivity index (χ3v) is 7.37. The van der Waals surface area contributed by atoms with Crippen molar-refractivity contribution in [2.45, 2.75) is 17.7 Å². The molecule has 0 bridgehead atoms. The van der Waals surface area contributed by atoms with E-state index in [1.165, 1.54) is 11.8 Å². The minimum absolute atomic E-state index is 0.129. The lowest BCUT2D eigenvalue weighted by Crippen LogP contribution is -2.27. The number of nitrogens with zero attached hydrogens (tertiary/aromatic N) is 3. The molecule has 2 saturated heterocycles. The van der Waals surface area contributed by atoms with Crippen LogP contribution in [0.15, 0.2) is 29.2 Å². The van der Waals surface area contributed by atoms with Gasteiger partial charge in [-0.15, -0.1) is 11.8 Å². The summed E-state index contributed by atoms with van der Waals surface area (Å²) >= 11 is 1.41. The summed E-state index contributed by atoms with van der Waals surface area (Å²) in [5, 5.41) is 16.0. The molecule has 2 fully saturated rings. The van der Waals surface area contributed by atoms with Crippen LogP contribution < -0.4 is 15.5 Å². The highest BCUT2D eigenvalue weighted by molar-refractivity contribution is 7.98. The molecule has 1 aromatic carbocycles. The predicted octanol–water partition coefficient (Wildman–Crippen LogP) is 4.54. The second kappa shape index (κ2) is 10.3. The SMILES string of the molecule is CSc1ccc(COP(C)O)cc1Nc1nc(N2CC3CNCC3C2)cc(C(F)(F)F)c1C#N. The standard InChI is InChI=1S/C22H25F3N5O2PS/c1-33(31)32-12-13-3-4-19(34-2)18(5-13)28-21-16(7-26)17(22(23,24)25)6-20(29-21)30-10-14-8-27-9-15(14)11-30/h3-6,14-15,27,31H,8-12H2,1-2H3,(H,28,29). The Morgan fingerprint density at radius 1 is 1.32 bits per heavy atom. The van der Waals surface area contributed by atoms with Crippen LogP contribution in [0.3, 0.4) is 0 Å². The number of fused-ring (bicyclic) bond motifs is 1. The van der Waals surface area contributed by atoms with E-state index in [4.69, 9.17) is 4.52 Å². The van der Waals surface area contributed by atoms with Crippen LogP contribution >= 0.6 is 20.1 Å². The smallest absolute Gasteiger partial charge is 0.356 e. The van der Waals surface area contributed by atoms with Crippen molar-refractivity contribution in [3.63, 3.8) is 0 Å². The van der Waals surface area contributed by atoms with Gasteiger partial charge >= 0.3 is 6.18 Å². The van der Waals surface area contributed by atoms with Crippen LogP contribution in [0.5, 0.6) is 0 Å². The van der Waals surface area contributed by atoms with E-state index in [0.29, 0.717) is 30.6 Å². The zero-order valence-electron chi connectivity index (χ0n) is 18.7. The molecule has 2 aliphatic rings. The average molecular weight is 512 g/mol. The van der Waals surface area contributed by atoms with Gasteiger partial charge in [0.2, 0.25) is 0 Å². The highest BCUT2D eigenvalue weighted by Crippen LogP contribution is 2.40. The molecule has 2 aliphatic heterocycles. The molecule has 1 aromatic heterocycles. The van der Waals surface area contributed by atoms with Gasteiger partial charge in [0.05, 0.1) is 17.9 Å². The van der Waals surface area contributed by atoms with Crippen LogP contribution in [0, 0.1) is 23.2 Å². The molecule has 182 valence electrons. The van der Waals surface area contributed by atoms with Gasteiger partial charge in [0, 0.05) is 37.7 Å². The molecule has 3 N–H and O–H groups in total. The van der Waals surface area contributed by atoms with Crippen molar-refractivity contribution in [3.8, 4) is 6.07 Å². The number of anilines is 3. The quantitative estimate of drug-likeness (QED) is 0.369. The lowest BCUT2D eigenvalue weighted by atomic mass is 10.0. The summed E-state index contributed by atoms with van der Waals surface area (Å²) in [7, 11) is -1.55. The van der Waals surface area contributed by atoms with Gasteiger partial charge in [-0.1, -0.05) is 6.07 Å². The van der Waals surface area contributed by atoms with Crippen molar-refractivity contribution < 1.29 is 22.6 Å². The summed E-state index contributed by atoms with van der Waals surface area (Å²) in [6, 6.07) is 8.07. The van der Waals surface area contributed by atoms with Crippen LogP contribution in [0.4, 0.5) is 30.5 Å². The van der Waals surface area contributed by atoms with Crippen molar-refractivity contribution in [1.82, 2.24) is 10.3 Å². The van der Waals surface area contributed by atoms with Crippen molar-refractivity contribution in [2.24, 2.45) is 11.8 Å². The number of nitrogens with one attached hydrogen (secondary N) is 2. The van der Waals surface area contributed by atoms with E-state index in [-0.39, 0.29) is 18.2 Å². The summed E-state index contributed by atoms with van der Waals surface area (Å²) in [4.78, 5) is 16.6. The van der Waals surface area contributed by atoms with Gasteiger partial charge in [-0.25, -0.2) is 4.98 Å². The Balaban J connectivity index is 1.73. The van der Waals surface area contributed by atoms with Crippen molar-refractivity contribution in [2.75, 3.05) is 49.3 Å². The fourth-order valence-electron chi connectivity index (χ4n) is 4.40. The number of alkyl halides is 3. The van der Waals surface area contributed by atoms with Crippen molar-refractivity contribution >= 4 is 37.5 Å². The van der Waals surface area contributed by atoms with E-state index in [0.717, 1.165) is 29.6 Å². The zero-order chi connectivity index (χ0) is 24.5. The maximum atomic E-state index is 14.0. The zero-order valence-corrected chi connectivity index (χ0v) is 20.4. The van der Waals surface area contributed by atoms with Gasteiger partial charge in [0.25, 0.3) is 0 Å². The molecule has 34 heavy (non-hydrogen) atoms. The molecule has 0 spiro atoms. The van der Waals surface area contributed by atoms with Crippen LogP contribution in [0.25, 0.3) is 0 Å². The molecule has 2 aromatic rings. The molecule has 7 nitrogen and oxygen atoms in total. The molecule has 4 rings (SSSR count). The van der Waals surface area contributed by atoms with E-state index in [1.54, 1.807) is 18.8 Å². The fraction of sp³-hybridized carbons (Fsp3) is 0.455.